The first-order valence-electron chi connectivity index (χ1n) is 12.6. The van der Waals surface area contributed by atoms with E-state index in [9.17, 15) is 22.8 Å². The molecule has 0 aliphatic carbocycles. The molecule has 0 unspecified atom stereocenters. The number of guanidine groups is 1. The van der Waals surface area contributed by atoms with Crippen molar-refractivity contribution in [2.75, 3.05) is 11.3 Å². The highest BCUT2D eigenvalue weighted by atomic mass is 32.2. The number of pyridine rings is 1. The lowest BCUT2D eigenvalue weighted by Gasteiger charge is -2.18. The molecule has 0 aliphatic rings. The highest BCUT2D eigenvalue weighted by Crippen LogP contribution is 2.18. The van der Waals surface area contributed by atoms with E-state index in [2.05, 4.69) is 20.0 Å². The molecule has 14 heteroatoms. The van der Waals surface area contributed by atoms with Gasteiger partial charge in [-0.1, -0.05) is 48.5 Å². The first-order chi connectivity index (χ1) is 19.6. The van der Waals surface area contributed by atoms with Gasteiger partial charge in [-0.15, -0.1) is 11.3 Å². The van der Waals surface area contributed by atoms with Gasteiger partial charge < -0.3 is 16.8 Å². The van der Waals surface area contributed by atoms with Crippen LogP contribution in [0.4, 0.5) is 5.69 Å². The number of nitrogens with zero attached hydrogens (tertiary/aromatic N) is 3. The summed E-state index contributed by atoms with van der Waals surface area (Å²) in [6.07, 6.45) is 2.13. The molecule has 0 saturated carbocycles. The van der Waals surface area contributed by atoms with E-state index < -0.39 is 34.1 Å². The van der Waals surface area contributed by atoms with Crippen LogP contribution in [0.15, 0.2) is 82.0 Å². The van der Waals surface area contributed by atoms with Gasteiger partial charge in [-0.2, -0.15) is 0 Å². The summed E-state index contributed by atoms with van der Waals surface area (Å²) in [6, 6.07) is 15.9. The van der Waals surface area contributed by atoms with Crippen molar-refractivity contribution >= 4 is 55.6 Å². The molecule has 0 aliphatic heterocycles. The standard InChI is InChI=1S/C27H29N7O5S2/c28-27(29)31-12-6-10-20(24(36)25-30-13-14-40-25)32-23(35)16-34-22-11-5-4-9-19(22)15-21(26(34)37)33-41(38,39)17-18-7-2-1-3-8-18/h1-5,7-9,11,13-15,20,33H,6,10,12,16-17H2,(H,32,35)(H4,28,29,31)/t20-/m0/s1. The molecule has 0 spiro atoms. The number of fused-ring (bicyclic) bond motifs is 1. The second kappa shape index (κ2) is 13.2. The molecule has 12 nitrogen and oxygen atoms in total. The number of rotatable bonds is 13. The summed E-state index contributed by atoms with van der Waals surface area (Å²) in [5.41, 5.74) is 10.8. The fourth-order valence-electron chi connectivity index (χ4n) is 4.20. The fourth-order valence-corrected chi connectivity index (χ4v) is 6.02. The van der Waals surface area contributed by atoms with Gasteiger partial charge in [-0.05, 0) is 30.5 Å². The summed E-state index contributed by atoms with van der Waals surface area (Å²) in [5.74, 6) is -1.40. The van der Waals surface area contributed by atoms with Crippen LogP contribution in [-0.4, -0.2) is 48.2 Å². The molecule has 1 atom stereocenters. The average molecular weight is 596 g/mol. The smallest absolute Gasteiger partial charge is 0.275 e. The van der Waals surface area contributed by atoms with Crippen molar-refractivity contribution in [3.8, 4) is 0 Å². The van der Waals surface area contributed by atoms with E-state index in [-0.39, 0.29) is 41.2 Å². The zero-order valence-electron chi connectivity index (χ0n) is 21.9. The van der Waals surface area contributed by atoms with Crippen molar-refractivity contribution in [3.63, 3.8) is 0 Å². The van der Waals surface area contributed by atoms with Gasteiger partial charge in [0.25, 0.3) is 5.56 Å². The van der Waals surface area contributed by atoms with E-state index in [1.54, 1.807) is 60.0 Å². The number of para-hydroxylation sites is 1. The maximum absolute atomic E-state index is 13.5. The number of anilines is 1. The summed E-state index contributed by atoms with van der Waals surface area (Å²) >= 11 is 1.15. The third kappa shape index (κ3) is 7.99. The predicted octanol–water partition coefficient (Wildman–Crippen LogP) is 1.82. The quantitative estimate of drug-likeness (QED) is 0.0778. The molecule has 214 valence electrons. The van der Waals surface area contributed by atoms with Crippen LogP contribution in [-0.2, 0) is 27.1 Å². The summed E-state index contributed by atoms with van der Waals surface area (Å²) in [7, 11) is -3.94. The summed E-state index contributed by atoms with van der Waals surface area (Å²) in [4.78, 5) is 47.7. The number of nitrogens with one attached hydrogen (secondary N) is 2. The van der Waals surface area contributed by atoms with Crippen LogP contribution in [0.25, 0.3) is 10.9 Å². The lowest BCUT2D eigenvalue weighted by molar-refractivity contribution is -0.122. The van der Waals surface area contributed by atoms with Gasteiger partial charge in [0.15, 0.2) is 11.0 Å². The maximum Gasteiger partial charge on any atom is 0.275 e. The molecule has 6 N–H and O–H groups in total. The summed E-state index contributed by atoms with van der Waals surface area (Å²) in [5, 5.41) is 5.13. The summed E-state index contributed by atoms with van der Waals surface area (Å²) < 4.78 is 29.3. The Kier molecular flexibility index (Phi) is 9.47. The third-order valence-corrected chi connectivity index (χ3v) is 8.04. The van der Waals surface area contributed by atoms with Gasteiger partial charge in [0.2, 0.25) is 21.7 Å². The van der Waals surface area contributed by atoms with E-state index in [0.717, 1.165) is 11.3 Å². The van der Waals surface area contributed by atoms with Gasteiger partial charge in [-0.3, -0.25) is 28.7 Å². The maximum atomic E-state index is 13.5. The minimum Gasteiger partial charge on any atom is -0.370 e. The number of carbonyl (C=O) groups is 2. The van der Waals surface area contributed by atoms with Gasteiger partial charge in [-0.25, -0.2) is 13.4 Å². The Balaban J connectivity index is 1.59. The van der Waals surface area contributed by atoms with Crippen LogP contribution < -0.4 is 27.1 Å². The number of ketones is 1. The normalized spacial score (nSPS) is 12.0. The van der Waals surface area contributed by atoms with Crippen molar-refractivity contribution in [2.45, 2.75) is 31.2 Å². The lowest BCUT2D eigenvalue weighted by Crippen LogP contribution is -2.43. The van der Waals surface area contributed by atoms with Crippen molar-refractivity contribution in [2.24, 2.45) is 16.5 Å². The molecule has 0 fully saturated rings. The van der Waals surface area contributed by atoms with Crippen molar-refractivity contribution in [3.05, 3.63) is 93.2 Å². The minimum absolute atomic E-state index is 0.0811. The zero-order chi connectivity index (χ0) is 29.4. The molecular weight excluding hydrogens is 566 g/mol. The average Bonchev–Trinajstić information content (AvgIpc) is 3.47. The number of benzene rings is 2. The van der Waals surface area contributed by atoms with E-state index in [4.69, 9.17) is 11.5 Å². The van der Waals surface area contributed by atoms with E-state index in [1.165, 1.54) is 16.8 Å². The van der Waals surface area contributed by atoms with Gasteiger partial charge >= 0.3 is 0 Å². The molecule has 0 bridgehead atoms. The predicted molar refractivity (Wildman–Crippen MR) is 159 cm³/mol. The number of thiazole rings is 1. The Hall–Kier alpha value is -4.56. The van der Waals surface area contributed by atoms with E-state index in [1.807, 2.05) is 0 Å². The molecule has 2 aromatic carbocycles. The van der Waals surface area contributed by atoms with Crippen LogP contribution in [0.3, 0.4) is 0 Å². The number of aromatic nitrogens is 2. The van der Waals surface area contributed by atoms with Crippen molar-refractivity contribution < 1.29 is 18.0 Å². The Bertz CT molecular complexity index is 1720. The Morgan fingerprint density at radius 2 is 1.80 bits per heavy atom. The number of nitrogens with two attached hydrogens (primary N) is 2. The Morgan fingerprint density at radius 3 is 2.51 bits per heavy atom. The molecule has 0 radical (unpaired) electrons. The van der Waals surface area contributed by atoms with Crippen molar-refractivity contribution in [1.82, 2.24) is 14.9 Å². The van der Waals surface area contributed by atoms with E-state index in [0.29, 0.717) is 22.9 Å². The number of amides is 1. The van der Waals surface area contributed by atoms with E-state index >= 15 is 0 Å². The van der Waals surface area contributed by atoms with Gasteiger partial charge in [0.05, 0.1) is 17.3 Å². The second-order valence-corrected chi connectivity index (χ2v) is 11.7. The molecule has 0 saturated heterocycles. The molecule has 1 amide bonds. The first-order valence-corrected chi connectivity index (χ1v) is 15.1. The van der Waals surface area contributed by atoms with Crippen LogP contribution in [0.1, 0.15) is 28.2 Å². The molecule has 41 heavy (non-hydrogen) atoms. The Morgan fingerprint density at radius 1 is 1.07 bits per heavy atom. The largest absolute Gasteiger partial charge is 0.370 e. The van der Waals surface area contributed by atoms with Crippen LogP contribution >= 0.6 is 11.3 Å². The van der Waals surface area contributed by atoms with Gasteiger partial charge in [0, 0.05) is 23.5 Å². The number of Topliss-reactive ketones (excluding diaryl/α,β-unsaturated/α-hetero) is 1. The fraction of sp³-hybridized carbons (Fsp3) is 0.222. The van der Waals surface area contributed by atoms with Gasteiger partial charge in [0.1, 0.15) is 12.2 Å². The molecule has 4 aromatic rings. The number of carbonyl (C=O) groups excluding carboxylic acids is 2. The minimum atomic E-state index is -3.94. The number of sulfonamides is 1. The van der Waals surface area contributed by atoms with Crippen molar-refractivity contribution in [1.29, 1.82) is 0 Å². The lowest BCUT2D eigenvalue weighted by atomic mass is 10.1. The first kappa shape index (κ1) is 29.4. The topological polar surface area (TPSA) is 192 Å². The van der Waals surface area contributed by atoms with Crippen LogP contribution in [0.5, 0.6) is 0 Å². The SMILES string of the molecule is NC(N)=NCCC[C@H](NC(=O)Cn1c(=O)c(NS(=O)(=O)Cc2ccccc2)cc2ccccc21)C(=O)c1nccs1. The Labute approximate surface area is 240 Å². The van der Waals surface area contributed by atoms with Crippen LogP contribution in [0, 0.1) is 0 Å². The second-order valence-electron chi connectivity index (χ2n) is 9.13. The molecule has 4 rings (SSSR count). The molecular formula is C27H29N7O5S2. The number of aliphatic imine (C=N–C) groups is 1. The highest BCUT2D eigenvalue weighted by molar-refractivity contribution is 7.91. The highest BCUT2D eigenvalue weighted by Gasteiger charge is 2.25. The monoisotopic (exact) mass is 595 g/mol. The van der Waals surface area contributed by atoms with Crippen LogP contribution in [0.2, 0.25) is 0 Å². The molecule has 2 aromatic heterocycles. The molecule has 2 heterocycles. The third-order valence-electron chi connectivity index (χ3n) is 6.01. The number of hydrogen-bond acceptors (Lipinski definition) is 8. The number of hydrogen-bond donors (Lipinski definition) is 4. The zero-order valence-corrected chi connectivity index (χ0v) is 23.5. The summed E-state index contributed by atoms with van der Waals surface area (Å²) in [6.45, 7) is -0.196.